The van der Waals surface area contributed by atoms with Gasteiger partial charge in [-0.25, -0.2) is 4.39 Å². The van der Waals surface area contributed by atoms with E-state index in [1.54, 1.807) is 13.1 Å². The van der Waals surface area contributed by atoms with Gasteiger partial charge in [-0.3, -0.25) is 9.78 Å². The van der Waals surface area contributed by atoms with E-state index in [0.717, 1.165) is 17.8 Å². The van der Waals surface area contributed by atoms with E-state index in [1.165, 1.54) is 6.20 Å². The second-order valence-corrected chi connectivity index (χ2v) is 5.13. The normalized spacial score (nSPS) is 10.3. The molecule has 110 valence electrons. The van der Waals surface area contributed by atoms with E-state index < -0.39 is 11.7 Å². The molecule has 0 spiro atoms. The zero-order chi connectivity index (χ0) is 15.6. The Kier molecular flexibility index (Phi) is 4.65. The van der Waals surface area contributed by atoms with Crippen molar-refractivity contribution >= 4 is 40.5 Å². The highest BCUT2D eigenvalue weighted by Gasteiger charge is 2.16. The largest absolute Gasteiger partial charge is 0.387 e. The van der Waals surface area contributed by atoms with Crippen LogP contribution in [0.2, 0.25) is 10.0 Å². The van der Waals surface area contributed by atoms with Crippen molar-refractivity contribution < 1.29 is 9.18 Å². The zero-order valence-corrected chi connectivity index (χ0v) is 12.8. The maximum atomic E-state index is 13.1. The van der Waals surface area contributed by atoms with Gasteiger partial charge in [0.05, 0.1) is 27.0 Å². The van der Waals surface area contributed by atoms with E-state index in [0.29, 0.717) is 11.3 Å². The van der Waals surface area contributed by atoms with E-state index in [1.807, 2.05) is 6.92 Å². The fraction of sp³-hybridized carbons (Fsp3) is 0.143. The molecule has 0 aliphatic rings. The summed E-state index contributed by atoms with van der Waals surface area (Å²) in [4.78, 5) is 16.4. The van der Waals surface area contributed by atoms with Crippen molar-refractivity contribution in [2.45, 2.75) is 6.92 Å². The van der Waals surface area contributed by atoms with Crippen molar-refractivity contribution in [3.8, 4) is 0 Å². The number of rotatable bonds is 3. The average molecular weight is 328 g/mol. The zero-order valence-electron chi connectivity index (χ0n) is 11.3. The van der Waals surface area contributed by atoms with Gasteiger partial charge in [0.1, 0.15) is 5.82 Å². The first-order chi connectivity index (χ1) is 9.92. The molecular formula is C14H12Cl2FN3O. The van der Waals surface area contributed by atoms with E-state index in [4.69, 9.17) is 23.2 Å². The van der Waals surface area contributed by atoms with Gasteiger partial charge in [0.2, 0.25) is 0 Å². The number of aryl methyl sites for hydroxylation is 1. The standard InChI is InChI=1S/C14H12Cl2FN3O/c1-7-3-12(18-2)9(6-19-7)14(21)20-13-10(15)4-8(17)5-11(13)16/h3-6H,1-2H3,(H,18,19)(H,20,21). The van der Waals surface area contributed by atoms with Crippen molar-refractivity contribution in [3.05, 3.63) is 51.5 Å². The second kappa shape index (κ2) is 6.28. The minimum Gasteiger partial charge on any atom is -0.387 e. The molecule has 0 radical (unpaired) electrons. The predicted octanol–water partition coefficient (Wildman–Crippen LogP) is 4.13. The molecule has 1 aromatic heterocycles. The van der Waals surface area contributed by atoms with Gasteiger partial charge in [0.15, 0.2) is 0 Å². The van der Waals surface area contributed by atoms with Crippen molar-refractivity contribution in [2.75, 3.05) is 17.7 Å². The van der Waals surface area contributed by atoms with Crippen LogP contribution in [0.3, 0.4) is 0 Å². The van der Waals surface area contributed by atoms with E-state index in [-0.39, 0.29) is 15.7 Å². The van der Waals surface area contributed by atoms with E-state index in [9.17, 15) is 9.18 Å². The Balaban J connectivity index is 2.35. The number of benzene rings is 1. The molecule has 0 saturated carbocycles. The average Bonchev–Trinajstić information content (AvgIpc) is 2.42. The fourth-order valence-corrected chi connectivity index (χ4v) is 2.35. The monoisotopic (exact) mass is 327 g/mol. The molecule has 0 aliphatic heterocycles. The molecule has 21 heavy (non-hydrogen) atoms. The lowest BCUT2D eigenvalue weighted by atomic mass is 10.2. The van der Waals surface area contributed by atoms with Crippen LogP contribution < -0.4 is 10.6 Å². The molecular weight excluding hydrogens is 316 g/mol. The van der Waals surface area contributed by atoms with Gasteiger partial charge in [-0.2, -0.15) is 0 Å². The number of carbonyl (C=O) groups is 1. The van der Waals surface area contributed by atoms with Gasteiger partial charge in [-0.1, -0.05) is 23.2 Å². The summed E-state index contributed by atoms with van der Waals surface area (Å²) in [5, 5.41) is 5.54. The predicted molar refractivity (Wildman–Crippen MR) is 82.9 cm³/mol. The number of hydrogen-bond donors (Lipinski definition) is 2. The third kappa shape index (κ3) is 3.43. The topological polar surface area (TPSA) is 54.0 Å². The number of nitrogens with zero attached hydrogens (tertiary/aromatic N) is 1. The minimum atomic E-state index is -0.573. The first-order valence-electron chi connectivity index (χ1n) is 6.02. The summed E-state index contributed by atoms with van der Waals surface area (Å²) in [6.45, 7) is 1.82. The van der Waals surface area contributed by atoms with Crippen LogP contribution in [-0.4, -0.2) is 17.9 Å². The molecule has 4 nitrogen and oxygen atoms in total. The van der Waals surface area contributed by atoms with Crippen LogP contribution in [0.5, 0.6) is 0 Å². The highest BCUT2D eigenvalue weighted by molar-refractivity contribution is 6.40. The molecule has 0 saturated heterocycles. The van der Waals surface area contributed by atoms with Crippen LogP contribution >= 0.6 is 23.2 Å². The Morgan fingerprint density at radius 1 is 1.24 bits per heavy atom. The Bertz CT molecular complexity index is 684. The molecule has 0 bridgehead atoms. The summed E-state index contributed by atoms with van der Waals surface area (Å²) >= 11 is 11.8. The summed E-state index contributed by atoms with van der Waals surface area (Å²) in [7, 11) is 1.70. The second-order valence-electron chi connectivity index (χ2n) is 4.32. The van der Waals surface area contributed by atoms with Gasteiger partial charge < -0.3 is 10.6 Å². The molecule has 0 atom stereocenters. The number of pyridine rings is 1. The first-order valence-corrected chi connectivity index (χ1v) is 6.78. The minimum absolute atomic E-state index is 0.0272. The Morgan fingerprint density at radius 3 is 2.43 bits per heavy atom. The molecule has 1 heterocycles. The molecule has 1 amide bonds. The fourth-order valence-electron chi connectivity index (χ4n) is 1.79. The first kappa shape index (κ1) is 15.5. The molecule has 0 unspecified atom stereocenters. The lowest BCUT2D eigenvalue weighted by Crippen LogP contribution is -2.15. The Morgan fingerprint density at radius 2 is 1.86 bits per heavy atom. The number of nitrogens with one attached hydrogen (secondary N) is 2. The highest BCUT2D eigenvalue weighted by atomic mass is 35.5. The molecule has 0 aliphatic carbocycles. The number of hydrogen-bond acceptors (Lipinski definition) is 3. The Hall–Kier alpha value is -1.85. The van der Waals surface area contributed by atoms with Crippen LogP contribution in [0.4, 0.5) is 15.8 Å². The van der Waals surface area contributed by atoms with Crippen LogP contribution in [0.1, 0.15) is 16.1 Å². The van der Waals surface area contributed by atoms with Gasteiger partial charge in [-0.15, -0.1) is 0 Å². The maximum absolute atomic E-state index is 13.1. The van der Waals surface area contributed by atoms with Gasteiger partial charge in [0.25, 0.3) is 5.91 Å². The quantitative estimate of drug-likeness (QED) is 0.891. The van der Waals surface area contributed by atoms with Gasteiger partial charge in [0, 0.05) is 18.9 Å². The summed E-state index contributed by atoms with van der Waals surface area (Å²) in [5.41, 5.74) is 1.88. The smallest absolute Gasteiger partial charge is 0.259 e. The summed E-state index contributed by atoms with van der Waals surface area (Å²) < 4.78 is 13.1. The molecule has 1 aromatic carbocycles. The third-order valence-electron chi connectivity index (χ3n) is 2.80. The van der Waals surface area contributed by atoms with Crippen molar-refractivity contribution in [3.63, 3.8) is 0 Å². The van der Waals surface area contributed by atoms with Crippen LogP contribution in [-0.2, 0) is 0 Å². The number of anilines is 2. The Labute approximate surface area is 131 Å². The van der Waals surface area contributed by atoms with Crippen LogP contribution in [0.15, 0.2) is 24.4 Å². The van der Waals surface area contributed by atoms with Crippen molar-refractivity contribution in [2.24, 2.45) is 0 Å². The molecule has 2 N–H and O–H groups in total. The lowest BCUT2D eigenvalue weighted by Gasteiger charge is -2.12. The van der Waals surface area contributed by atoms with Crippen LogP contribution in [0.25, 0.3) is 0 Å². The van der Waals surface area contributed by atoms with Gasteiger partial charge in [-0.05, 0) is 25.1 Å². The number of carbonyl (C=O) groups excluding carboxylic acids is 1. The summed E-state index contributed by atoms with van der Waals surface area (Å²) in [6.07, 6.45) is 1.45. The molecule has 2 aromatic rings. The van der Waals surface area contributed by atoms with Crippen LogP contribution in [0, 0.1) is 12.7 Å². The van der Waals surface area contributed by atoms with E-state index in [2.05, 4.69) is 15.6 Å². The SMILES string of the molecule is CNc1cc(C)ncc1C(=O)Nc1c(Cl)cc(F)cc1Cl. The van der Waals surface area contributed by atoms with E-state index >= 15 is 0 Å². The van der Waals surface area contributed by atoms with Crippen molar-refractivity contribution in [1.82, 2.24) is 4.98 Å². The molecule has 0 fully saturated rings. The number of aromatic nitrogens is 1. The molecule has 2 rings (SSSR count). The highest BCUT2D eigenvalue weighted by Crippen LogP contribution is 2.32. The summed E-state index contributed by atoms with van der Waals surface area (Å²) in [6, 6.07) is 3.90. The lowest BCUT2D eigenvalue weighted by molar-refractivity contribution is 0.102. The van der Waals surface area contributed by atoms with Crippen molar-refractivity contribution in [1.29, 1.82) is 0 Å². The third-order valence-corrected chi connectivity index (χ3v) is 3.40. The number of halogens is 3. The number of amides is 1. The molecule has 7 heteroatoms. The van der Waals surface area contributed by atoms with Gasteiger partial charge >= 0.3 is 0 Å². The summed E-state index contributed by atoms with van der Waals surface area (Å²) in [5.74, 6) is -1.02. The maximum Gasteiger partial charge on any atom is 0.259 e.